The molecule has 1 saturated heterocycles. The average Bonchev–Trinajstić information content (AvgIpc) is 2.98. The zero-order valence-electron chi connectivity index (χ0n) is 19.3. The second-order valence-electron chi connectivity index (χ2n) is 7.85. The first kappa shape index (κ1) is 24.2. The van der Waals surface area contributed by atoms with Gasteiger partial charge in [-0.1, -0.05) is 17.7 Å². The van der Waals surface area contributed by atoms with E-state index in [2.05, 4.69) is 10.6 Å². The number of amides is 4. The summed E-state index contributed by atoms with van der Waals surface area (Å²) in [4.78, 5) is 39.5. The lowest BCUT2D eigenvalue weighted by Gasteiger charge is -2.24. The molecule has 33 heavy (non-hydrogen) atoms. The van der Waals surface area contributed by atoms with E-state index in [4.69, 9.17) is 25.8 Å². The maximum Gasteiger partial charge on any atom is 0.325 e. The Morgan fingerprint density at radius 1 is 1.06 bits per heavy atom. The van der Waals surface area contributed by atoms with Crippen molar-refractivity contribution < 1.29 is 28.6 Å². The number of carbonyl (C=O) groups is 3. The number of nitrogens with zero attached hydrogens (tertiary/aromatic N) is 1. The van der Waals surface area contributed by atoms with E-state index < -0.39 is 29.9 Å². The SMILES string of the molecule is COc1cc([C@@]2(C)NC(=O)N(CC(=O)Nc3c(C)cc(C)cc3Cl)C2=O)cc(OC)c1OC. The molecule has 3 rings (SSSR count). The molecule has 1 aliphatic rings. The number of nitrogens with one attached hydrogen (secondary N) is 2. The summed E-state index contributed by atoms with van der Waals surface area (Å²) in [6.45, 7) is 4.77. The molecule has 0 aliphatic carbocycles. The van der Waals surface area contributed by atoms with Crippen molar-refractivity contribution in [2.75, 3.05) is 33.2 Å². The van der Waals surface area contributed by atoms with Crippen molar-refractivity contribution in [1.82, 2.24) is 10.2 Å². The summed E-state index contributed by atoms with van der Waals surface area (Å²) >= 11 is 6.25. The summed E-state index contributed by atoms with van der Waals surface area (Å²) in [6.07, 6.45) is 0. The number of benzene rings is 2. The van der Waals surface area contributed by atoms with Crippen molar-refractivity contribution in [1.29, 1.82) is 0 Å². The monoisotopic (exact) mass is 475 g/mol. The van der Waals surface area contributed by atoms with Crippen LogP contribution >= 0.6 is 11.6 Å². The van der Waals surface area contributed by atoms with Gasteiger partial charge in [-0.25, -0.2) is 4.79 Å². The Bertz CT molecular complexity index is 1090. The van der Waals surface area contributed by atoms with Gasteiger partial charge in [0.1, 0.15) is 12.1 Å². The fraction of sp³-hybridized carbons (Fsp3) is 0.348. The van der Waals surface area contributed by atoms with Gasteiger partial charge in [-0.15, -0.1) is 0 Å². The number of urea groups is 1. The molecule has 0 bridgehead atoms. The first-order valence-corrected chi connectivity index (χ1v) is 10.4. The van der Waals surface area contributed by atoms with E-state index in [1.165, 1.54) is 21.3 Å². The normalized spacial score (nSPS) is 17.6. The Balaban J connectivity index is 1.87. The minimum atomic E-state index is -1.44. The summed E-state index contributed by atoms with van der Waals surface area (Å²) in [5.41, 5.74) is 1.13. The molecule has 176 valence electrons. The maximum absolute atomic E-state index is 13.3. The van der Waals surface area contributed by atoms with E-state index in [0.29, 0.717) is 33.5 Å². The second-order valence-corrected chi connectivity index (χ2v) is 8.25. The van der Waals surface area contributed by atoms with E-state index in [1.54, 1.807) is 25.1 Å². The third-order valence-electron chi connectivity index (χ3n) is 5.51. The Morgan fingerprint density at radius 2 is 1.67 bits per heavy atom. The number of hydrogen-bond acceptors (Lipinski definition) is 6. The van der Waals surface area contributed by atoms with Gasteiger partial charge in [0.15, 0.2) is 11.5 Å². The zero-order valence-corrected chi connectivity index (χ0v) is 20.0. The lowest BCUT2D eigenvalue weighted by molar-refractivity contribution is -0.133. The molecule has 0 aromatic heterocycles. The second kappa shape index (κ2) is 9.19. The van der Waals surface area contributed by atoms with Crippen LogP contribution in [0, 0.1) is 13.8 Å². The lowest BCUT2D eigenvalue weighted by Crippen LogP contribution is -2.42. The molecule has 2 N–H and O–H groups in total. The highest BCUT2D eigenvalue weighted by molar-refractivity contribution is 6.34. The van der Waals surface area contributed by atoms with Crippen molar-refractivity contribution in [3.8, 4) is 17.2 Å². The van der Waals surface area contributed by atoms with Gasteiger partial charge in [-0.05, 0) is 55.7 Å². The van der Waals surface area contributed by atoms with E-state index in [9.17, 15) is 14.4 Å². The summed E-state index contributed by atoms with van der Waals surface area (Å²) < 4.78 is 16.0. The van der Waals surface area contributed by atoms with Gasteiger partial charge < -0.3 is 24.8 Å². The smallest absolute Gasteiger partial charge is 0.325 e. The molecule has 0 spiro atoms. The molecule has 1 heterocycles. The highest BCUT2D eigenvalue weighted by atomic mass is 35.5. The Hall–Kier alpha value is -3.46. The highest BCUT2D eigenvalue weighted by Crippen LogP contribution is 2.42. The van der Waals surface area contributed by atoms with Gasteiger partial charge in [0.25, 0.3) is 5.91 Å². The number of carbonyl (C=O) groups excluding carboxylic acids is 3. The van der Waals surface area contributed by atoms with Crippen LogP contribution < -0.4 is 24.8 Å². The van der Waals surface area contributed by atoms with E-state index in [0.717, 1.165) is 16.0 Å². The fourth-order valence-corrected chi connectivity index (χ4v) is 4.17. The van der Waals surface area contributed by atoms with E-state index in [-0.39, 0.29) is 0 Å². The van der Waals surface area contributed by atoms with Gasteiger partial charge in [-0.2, -0.15) is 0 Å². The van der Waals surface area contributed by atoms with Crippen LogP contribution in [-0.2, 0) is 15.1 Å². The molecule has 2 aromatic rings. The van der Waals surface area contributed by atoms with E-state index in [1.807, 2.05) is 19.9 Å². The molecule has 0 unspecified atom stereocenters. The number of ether oxygens (including phenoxy) is 3. The van der Waals surface area contributed by atoms with Gasteiger partial charge in [0.05, 0.1) is 32.0 Å². The number of halogens is 1. The third-order valence-corrected chi connectivity index (χ3v) is 5.81. The summed E-state index contributed by atoms with van der Waals surface area (Å²) in [6, 6.07) is 6.06. The Morgan fingerprint density at radius 3 is 2.18 bits per heavy atom. The summed E-state index contributed by atoms with van der Waals surface area (Å²) in [5, 5.41) is 5.73. The standard InChI is InChI=1S/C23H26ClN3O6/c1-12-7-13(2)19(15(24)8-12)25-18(28)11-27-21(29)23(3,26-22(27)30)14-9-16(31-4)20(33-6)17(10-14)32-5/h7-10H,11H2,1-6H3,(H,25,28)(H,26,30)/t23-/m1/s1. The molecule has 4 amide bonds. The largest absolute Gasteiger partial charge is 0.493 e. The van der Waals surface area contributed by atoms with Crippen LogP contribution in [0.1, 0.15) is 23.6 Å². The number of methoxy groups -OCH3 is 3. The van der Waals surface area contributed by atoms with Crippen molar-refractivity contribution >= 4 is 35.1 Å². The molecule has 1 fully saturated rings. The van der Waals surface area contributed by atoms with Crippen LogP contribution in [0.15, 0.2) is 24.3 Å². The molecular formula is C23H26ClN3O6. The molecule has 10 heteroatoms. The highest BCUT2D eigenvalue weighted by Gasteiger charge is 2.50. The van der Waals surface area contributed by atoms with Gasteiger partial charge in [0.2, 0.25) is 11.7 Å². The fourth-order valence-electron chi connectivity index (χ4n) is 3.80. The third kappa shape index (κ3) is 4.41. The van der Waals surface area contributed by atoms with Gasteiger partial charge >= 0.3 is 6.03 Å². The molecule has 0 saturated carbocycles. The first-order valence-electron chi connectivity index (χ1n) is 10.1. The molecule has 1 atom stereocenters. The van der Waals surface area contributed by atoms with Crippen LogP contribution in [0.5, 0.6) is 17.2 Å². The summed E-state index contributed by atoms with van der Waals surface area (Å²) in [7, 11) is 4.37. The number of rotatable bonds is 7. The maximum atomic E-state index is 13.3. The zero-order chi connectivity index (χ0) is 24.5. The number of imide groups is 1. The molecular weight excluding hydrogens is 450 g/mol. The predicted octanol–water partition coefficient (Wildman–Crippen LogP) is 3.39. The lowest BCUT2D eigenvalue weighted by atomic mass is 9.91. The van der Waals surface area contributed by atoms with Crippen LogP contribution in [0.25, 0.3) is 0 Å². The minimum Gasteiger partial charge on any atom is -0.493 e. The van der Waals surface area contributed by atoms with Crippen molar-refractivity contribution in [3.05, 3.63) is 46.0 Å². The minimum absolute atomic E-state index is 0.329. The van der Waals surface area contributed by atoms with Gasteiger partial charge in [-0.3, -0.25) is 14.5 Å². The van der Waals surface area contributed by atoms with Crippen LogP contribution in [0.2, 0.25) is 5.02 Å². The number of aryl methyl sites for hydroxylation is 2. The topological polar surface area (TPSA) is 106 Å². The first-order chi connectivity index (χ1) is 15.5. The molecule has 2 aromatic carbocycles. The number of anilines is 1. The van der Waals surface area contributed by atoms with E-state index >= 15 is 0 Å². The summed E-state index contributed by atoms with van der Waals surface area (Å²) in [5.74, 6) is -0.137. The Labute approximate surface area is 196 Å². The Kier molecular flexibility index (Phi) is 6.73. The molecule has 1 aliphatic heterocycles. The van der Waals surface area contributed by atoms with Crippen LogP contribution in [0.3, 0.4) is 0 Å². The number of hydrogen-bond donors (Lipinski definition) is 2. The molecule has 0 radical (unpaired) electrons. The average molecular weight is 476 g/mol. The van der Waals surface area contributed by atoms with Crippen LogP contribution in [-0.4, -0.2) is 50.6 Å². The predicted molar refractivity (Wildman–Crippen MR) is 123 cm³/mol. The molecule has 9 nitrogen and oxygen atoms in total. The van der Waals surface area contributed by atoms with Crippen molar-refractivity contribution in [2.45, 2.75) is 26.3 Å². The van der Waals surface area contributed by atoms with Crippen molar-refractivity contribution in [2.24, 2.45) is 0 Å². The quantitative estimate of drug-likeness (QED) is 0.594. The van der Waals surface area contributed by atoms with Crippen LogP contribution in [0.4, 0.5) is 10.5 Å². The van der Waals surface area contributed by atoms with Gasteiger partial charge in [0, 0.05) is 0 Å². The van der Waals surface area contributed by atoms with Crippen molar-refractivity contribution in [3.63, 3.8) is 0 Å².